The van der Waals surface area contributed by atoms with Gasteiger partial charge in [0.2, 0.25) is 15.9 Å². The number of hydrogen-bond donors (Lipinski definition) is 1. The van der Waals surface area contributed by atoms with Crippen LogP contribution >= 0.6 is 0 Å². The minimum atomic E-state index is -3.40. The Kier molecular flexibility index (Phi) is 5.42. The number of benzene rings is 1. The van der Waals surface area contributed by atoms with Crippen molar-refractivity contribution >= 4 is 15.9 Å². The maximum atomic E-state index is 12.7. The number of morpholine rings is 1. The van der Waals surface area contributed by atoms with Gasteiger partial charge >= 0.3 is 0 Å². The highest BCUT2D eigenvalue weighted by Gasteiger charge is 2.51. The van der Waals surface area contributed by atoms with Crippen LogP contribution in [-0.2, 0) is 25.0 Å². The van der Waals surface area contributed by atoms with Gasteiger partial charge in [0.25, 0.3) is 0 Å². The van der Waals surface area contributed by atoms with Crippen molar-refractivity contribution in [2.75, 3.05) is 25.4 Å². The molecule has 1 aliphatic heterocycles. The molecule has 3 rings (SSSR count). The van der Waals surface area contributed by atoms with Crippen LogP contribution in [0.2, 0.25) is 0 Å². The number of amides is 1. The van der Waals surface area contributed by atoms with Crippen LogP contribution in [0.1, 0.15) is 37.8 Å². The molecule has 1 aliphatic carbocycles. The average molecular weight is 381 g/mol. The first-order chi connectivity index (χ1) is 12.2. The van der Waals surface area contributed by atoms with Gasteiger partial charge in [0, 0.05) is 19.6 Å². The molecular weight excluding hydrogens is 352 g/mol. The maximum absolute atomic E-state index is 12.7. The average Bonchev–Trinajstić information content (AvgIpc) is 3.35. The Hall–Kier alpha value is -1.44. The van der Waals surface area contributed by atoms with Crippen molar-refractivity contribution in [2.45, 2.75) is 51.2 Å². The highest BCUT2D eigenvalue weighted by molar-refractivity contribution is 7.89. The van der Waals surface area contributed by atoms with Crippen molar-refractivity contribution in [3.63, 3.8) is 0 Å². The van der Waals surface area contributed by atoms with E-state index >= 15 is 0 Å². The van der Waals surface area contributed by atoms with Crippen LogP contribution in [0.25, 0.3) is 0 Å². The second kappa shape index (κ2) is 7.29. The van der Waals surface area contributed by atoms with Gasteiger partial charge < -0.3 is 10.1 Å². The number of hydrogen-bond acceptors (Lipinski definition) is 4. The van der Waals surface area contributed by atoms with Crippen LogP contribution in [0.5, 0.6) is 0 Å². The number of nitrogens with one attached hydrogen (secondary N) is 1. The molecule has 0 spiro atoms. The third-order valence-electron chi connectivity index (χ3n) is 5.18. The molecule has 1 saturated carbocycles. The van der Waals surface area contributed by atoms with E-state index in [9.17, 15) is 13.2 Å². The molecule has 0 radical (unpaired) electrons. The minimum Gasteiger partial charge on any atom is -0.373 e. The zero-order valence-corrected chi connectivity index (χ0v) is 16.5. The summed E-state index contributed by atoms with van der Waals surface area (Å²) in [5, 5.41) is 2.84. The smallest absolute Gasteiger partial charge is 0.230 e. The fourth-order valence-electron chi connectivity index (χ4n) is 3.66. The quantitative estimate of drug-likeness (QED) is 0.813. The molecule has 1 amide bonds. The predicted octanol–water partition coefficient (Wildman–Crippen LogP) is 1.58. The molecule has 2 atom stereocenters. The Labute approximate surface area is 156 Å². The molecule has 0 aromatic heterocycles. The first-order valence-electron chi connectivity index (χ1n) is 9.22. The number of rotatable bonds is 6. The first kappa shape index (κ1) is 19.3. The lowest BCUT2D eigenvalue weighted by molar-refractivity contribution is -0.123. The van der Waals surface area contributed by atoms with Crippen molar-refractivity contribution in [1.82, 2.24) is 9.62 Å². The van der Waals surface area contributed by atoms with Crippen molar-refractivity contribution in [2.24, 2.45) is 0 Å². The lowest BCUT2D eigenvalue weighted by atomic mass is 9.93. The van der Waals surface area contributed by atoms with E-state index in [1.54, 1.807) is 0 Å². The van der Waals surface area contributed by atoms with E-state index in [0.29, 0.717) is 13.1 Å². The molecule has 2 aliphatic rings. The highest BCUT2D eigenvalue weighted by atomic mass is 32.2. The SMILES string of the molecule is Cc1cccc(C2(C(=O)NCCS(=O)(=O)N3CC(C)OC(C)C3)CC2)c1. The van der Waals surface area contributed by atoms with Crippen LogP contribution in [0.4, 0.5) is 0 Å². The van der Waals surface area contributed by atoms with Gasteiger partial charge in [-0.2, -0.15) is 4.31 Å². The first-order valence-corrected chi connectivity index (χ1v) is 10.8. The summed E-state index contributed by atoms with van der Waals surface area (Å²) >= 11 is 0. The van der Waals surface area contributed by atoms with Gasteiger partial charge in [-0.05, 0) is 39.2 Å². The van der Waals surface area contributed by atoms with Gasteiger partial charge in [-0.25, -0.2) is 8.42 Å². The number of nitrogens with zero attached hydrogens (tertiary/aromatic N) is 1. The zero-order chi connectivity index (χ0) is 18.9. The molecule has 1 aromatic carbocycles. The lowest BCUT2D eigenvalue weighted by Gasteiger charge is -2.34. The maximum Gasteiger partial charge on any atom is 0.230 e. The summed E-state index contributed by atoms with van der Waals surface area (Å²) in [6.45, 7) is 6.63. The van der Waals surface area contributed by atoms with E-state index in [-0.39, 0.29) is 30.4 Å². The Morgan fingerprint density at radius 2 is 1.92 bits per heavy atom. The zero-order valence-electron chi connectivity index (χ0n) is 15.7. The Bertz CT molecular complexity index is 763. The molecular formula is C19H28N2O4S. The van der Waals surface area contributed by atoms with Crippen molar-refractivity contribution in [3.05, 3.63) is 35.4 Å². The summed E-state index contributed by atoms with van der Waals surface area (Å²) in [4.78, 5) is 12.7. The van der Waals surface area contributed by atoms with Gasteiger partial charge in [0.1, 0.15) is 0 Å². The van der Waals surface area contributed by atoms with Gasteiger partial charge in [-0.3, -0.25) is 4.79 Å². The molecule has 26 heavy (non-hydrogen) atoms. The van der Waals surface area contributed by atoms with Gasteiger partial charge in [0.05, 0.1) is 23.4 Å². The molecule has 2 unspecified atom stereocenters. The van der Waals surface area contributed by atoms with Crippen LogP contribution in [0.15, 0.2) is 24.3 Å². The summed E-state index contributed by atoms with van der Waals surface area (Å²) < 4.78 is 32.2. The van der Waals surface area contributed by atoms with Gasteiger partial charge in [0.15, 0.2) is 0 Å². The van der Waals surface area contributed by atoms with E-state index in [0.717, 1.165) is 24.0 Å². The third-order valence-corrected chi connectivity index (χ3v) is 6.99. The number of carbonyl (C=O) groups is 1. The molecule has 1 aromatic rings. The van der Waals surface area contributed by atoms with E-state index in [1.807, 2.05) is 45.0 Å². The lowest BCUT2D eigenvalue weighted by Crippen LogP contribution is -2.50. The van der Waals surface area contributed by atoms with Gasteiger partial charge in [-0.1, -0.05) is 29.8 Å². The van der Waals surface area contributed by atoms with Crippen molar-refractivity contribution < 1.29 is 17.9 Å². The molecule has 7 heteroatoms. The van der Waals surface area contributed by atoms with Crippen LogP contribution in [0, 0.1) is 6.92 Å². The fraction of sp³-hybridized carbons (Fsp3) is 0.632. The van der Waals surface area contributed by atoms with E-state index < -0.39 is 15.4 Å². The minimum absolute atomic E-state index is 0.0676. The van der Waals surface area contributed by atoms with E-state index in [4.69, 9.17) is 4.74 Å². The third kappa shape index (κ3) is 4.10. The fourth-order valence-corrected chi connectivity index (χ4v) is 5.16. The standard InChI is InChI=1S/C19H28N2O4S/c1-14-5-4-6-17(11-14)19(7-8-19)18(22)20-9-10-26(23,24)21-12-15(2)25-16(3)13-21/h4-6,11,15-16H,7-10,12-13H2,1-3H3,(H,20,22). The van der Waals surface area contributed by atoms with Crippen molar-refractivity contribution in [3.8, 4) is 0 Å². The normalized spacial score (nSPS) is 25.7. The van der Waals surface area contributed by atoms with Crippen molar-refractivity contribution in [1.29, 1.82) is 0 Å². The van der Waals surface area contributed by atoms with E-state index in [2.05, 4.69) is 5.32 Å². The summed E-state index contributed by atoms with van der Waals surface area (Å²) in [7, 11) is -3.40. The number of sulfonamides is 1. The Morgan fingerprint density at radius 1 is 1.27 bits per heavy atom. The van der Waals surface area contributed by atoms with Crippen LogP contribution < -0.4 is 5.32 Å². The van der Waals surface area contributed by atoms with Crippen LogP contribution in [-0.4, -0.2) is 56.2 Å². The summed E-state index contributed by atoms with van der Waals surface area (Å²) in [5.41, 5.74) is 1.67. The molecule has 0 bridgehead atoms. The molecule has 1 heterocycles. The number of ether oxygens (including phenoxy) is 1. The molecule has 144 valence electrons. The molecule has 1 saturated heterocycles. The Morgan fingerprint density at radius 3 is 2.50 bits per heavy atom. The second-order valence-corrected chi connectivity index (χ2v) is 9.69. The number of aryl methyl sites for hydroxylation is 1. The highest BCUT2D eigenvalue weighted by Crippen LogP contribution is 2.48. The molecule has 6 nitrogen and oxygen atoms in total. The topological polar surface area (TPSA) is 75.7 Å². The second-order valence-electron chi connectivity index (χ2n) is 7.60. The largest absolute Gasteiger partial charge is 0.373 e. The summed E-state index contributed by atoms with van der Waals surface area (Å²) in [6, 6.07) is 7.99. The van der Waals surface area contributed by atoms with E-state index in [1.165, 1.54) is 4.31 Å². The summed E-state index contributed by atoms with van der Waals surface area (Å²) in [5.74, 6) is -0.149. The summed E-state index contributed by atoms with van der Waals surface area (Å²) in [6.07, 6.45) is 1.40. The molecule has 2 fully saturated rings. The monoisotopic (exact) mass is 380 g/mol. The van der Waals surface area contributed by atoms with Gasteiger partial charge in [-0.15, -0.1) is 0 Å². The number of carbonyl (C=O) groups excluding carboxylic acids is 1. The molecule has 1 N–H and O–H groups in total. The van der Waals surface area contributed by atoms with Crippen LogP contribution in [0.3, 0.4) is 0 Å². The predicted molar refractivity (Wildman–Crippen MR) is 100 cm³/mol. The Balaban J connectivity index is 1.57.